The number of aromatic nitrogens is 3. The molecule has 1 saturated heterocycles. The molecule has 1 aromatic carbocycles. The number of hydrogen-bond acceptors (Lipinski definition) is 4. The lowest BCUT2D eigenvalue weighted by molar-refractivity contribution is 0.225. The quantitative estimate of drug-likeness (QED) is 0.458. The Morgan fingerprint density at radius 3 is 2.88 bits per heavy atom. The fourth-order valence-corrected chi connectivity index (χ4v) is 5.37. The molecule has 2 aliphatic heterocycles. The first kappa shape index (κ1) is 21.0. The van der Waals surface area contributed by atoms with Crippen LogP contribution in [-0.2, 0) is 26.6 Å². The van der Waals surface area contributed by atoms with Gasteiger partial charge in [0.1, 0.15) is 23.9 Å². The topological polar surface area (TPSA) is 52.3 Å². The minimum Gasteiger partial charge on any atom is -0.487 e. The molecule has 1 atom stereocenters. The molecule has 4 aromatic rings. The number of hydrogen-bond donors (Lipinski definition) is 0. The molecule has 2 aliphatic rings. The van der Waals surface area contributed by atoms with Crippen molar-refractivity contribution in [2.75, 3.05) is 6.54 Å². The molecule has 8 heteroatoms. The van der Waals surface area contributed by atoms with E-state index in [-0.39, 0.29) is 17.9 Å². The number of fused-ring (bicyclic) bond motifs is 4. The van der Waals surface area contributed by atoms with E-state index in [0.29, 0.717) is 11.8 Å². The van der Waals surface area contributed by atoms with Gasteiger partial charge in [-0.25, -0.2) is 8.78 Å². The Morgan fingerprint density at radius 2 is 2.06 bits per heavy atom. The summed E-state index contributed by atoms with van der Waals surface area (Å²) in [5, 5.41) is 1.24. The zero-order chi connectivity index (χ0) is 23.4. The summed E-state index contributed by atoms with van der Waals surface area (Å²) in [6.45, 7) is 1.97. The fraction of sp³-hybridized carbons (Fsp3) is 0.308. The van der Waals surface area contributed by atoms with Gasteiger partial charge in [0.05, 0.1) is 17.4 Å². The van der Waals surface area contributed by atoms with Crippen molar-refractivity contribution in [2.24, 2.45) is 7.05 Å². The third-order valence-electron chi connectivity index (χ3n) is 7.14. The molecule has 6 rings (SSSR count). The Labute approximate surface area is 195 Å². The lowest BCUT2D eigenvalue weighted by Crippen LogP contribution is -2.35. The third kappa shape index (κ3) is 3.49. The summed E-state index contributed by atoms with van der Waals surface area (Å²) in [5.41, 5.74) is 4.41. The van der Waals surface area contributed by atoms with E-state index in [1.165, 1.54) is 42.1 Å². The summed E-state index contributed by atoms with van der Waals surface area (Å²) in [7, 11) is 2.11. The molecular weight excluding hydrogens is 438 g/mol. The minimum atomic E-state index is -0.785. The average Bonchev–Trinajstić information content (AvgIpc) is 3.39. The highest BCUT2D eigenvalue weighted by molar-refractivity contribution is 5.87. The molecule has 0 aliphatic carbocycles. The molecule has 6 nitrogen and oxygen atoms in total. The molecule has 5 heterocycles. The second-order valence-electron chi connectivity index (χ2n) is 9.10. The molecule has 0 radical (unpaired) electrons. The number of aryl methyl sites for hydroxylation is 1. The summed E-state index contributed by atoms with van der Waals surface area (Å²) in [6, 6.07) is 10.5. The maximum Gasteiger partial charge on any atom is 0.258 e. The van der Waals surface area contributed by atoms with Crippen LogP contribution in [0.2, 0.25) is 0 Å². The number of benzene rings is 1. The lowest BCUT2D eigenvalue weighted by Gasteiger charge is -2.30. The molecule has 0 N–H and O–H groups in total. The van der Waals surface area contributed by atoms with Crippen LogP contribution in [0.25, 0.3) is 16.6 Å². The number of ether oxygens (including phenoxy) is 1. The van der Waals surface area contributed by atoms with Gasteiger partial charge in [-0.1, -0.05) is 6.07 Å². The van der Waals surface area contributed by atoms with Gasteiger partial charge in [-0.2, -0.15) is 0 Å². The second-order valence-corrected chi connectivity index (χ2v) is 9.10. The van der Waals surface area contributed by atoms with Crippen LogP contribution in [0.15, 0.2) is 53.6 Å². The molecule has 34 heavy (non-hydrogen) atoms. The van der Waals surface area contributed by atoms with E-state index < -0.39 is 11.6 Å². The van der Waals surface area contributed by atoms with Crippen molar-refractivity contribution in [3.05, 3.63) is 87.7 Å². The average molecular weight is 463 g/mol. The van der Waals surface area contributed by atoms with Gasteiger partial charge in [0.2, 0.25) is 0 Å². The van der Waals surface area contributed by atoms with E-state index >= 15 is 0 Å². The van der Waals surface area contributed by atoms with E-state index in [9.17, 15) is 13.6 Å². The largest absolute Gasteiger partial charge is 0.487 e. The third-order valence-corrected chi connectivity index (χ3v) is 7.14. The standard InChI is InChI=1S/C26H24F2N4O2/c1-30-24-11-18(4-5-20(24)21-14-31-7-2-3-17(31)10-25(21)30)32-8-6-19(12-26(32)33)34-15-23-22(28)9-16(27)13-29-23/h4-6,8-9,11-13,17H,2-3,7,10,14-15H2,1H3. The number of pyridine rings is 2. The Balaban J connectivity index is 1.28. The molecule has 174 valence electrons. The summed E-state index contributed by atoms with van der Waals surface area (Å²) in [5.74, 6) is -1.24. The molecule has 3 aromatic heterocycles. The molecule has 1 fully saturated rings. The van der Waals surface area contributed by atoms with Crippen LogP contribution in [0.5, 0.6) is 5.75 Å². The first-order valence-corrected chi connectivity index (χ1v) is 11.5. The smallest absolute Gasteiger partial charge is 0.258 e. The van der Waals surface area contributed by atoms with Crippen LogP contribution < -0.4 is 10.3 Å². The van der Waals surface area contributed by atoms with Gasteiger partial charge in [0.15, 0.2) is 5.82 Å². The van der Waals surface area contributed by atoms with Crippen molar-refractivity contribution in [3.63, 3.8) is 0 Å². The van der Waals surface area contributed by atoms with Crippen molar-refractivity contribution in [1.29, 1.82) is 0 Å². The molecule has 0 spiro atoms. The van der Waals surface area contributed by atoms with E-state index in [2.05, 4.69) is 33.6 Å². The number of halogens is 2. The normalized spacial score (nSPS) is 17.7. The molecular formula is C26H24F2N4O2. The maximum absolute atomic E-state index is 13.8. The van der Waals surface area contributed by atoms with Crippen LogP contribution in [-0.4, -0.2) is 31.6 Å². The van der Waals surface area contributed by atoms with Gasteiger partial charge in [-0.05, 0) is 43.1 Å². The Hall–Kier alpha value is -3.52. The molecule has 0 amide bonds. The van der Waals surface area contributed by atoms with E-state index in [4.69, 9.17) is 4.74 Å². The summed E-state index contributed by atoms with van der Waals surface area (Å²) >= 11 is 0. The highest BCUT2D eigenvalue weighted by Gasteiger charge is 2.33. The van der Waals surface area contributed by atoms with Gasteiger partial charge in [0.25, 0.3) is 5.56 Å². The van der Waals surface area contributed by atoms with Gasteiger partial charge < -0.3 is 9.30 Å². The van der Waals surface area contributed by atoms with Crippen molar-refractivity contribution in [2.45, 2.75) is 38.5 Å². The first-order chi connectivity index (χ1) is 16.5. The van der Waals surface area contributed by atoms with Gasteiger partial charge in [0, 0.05) is 55.5 Å². The monoisotopic (exact) mass is 462 g/mol. The summed E-state index contributed by atoms with van der Waals surface area (Å²) in [6.07, 6.45) is 6.19. The number of rotatable bonds is 4. The predicted octanol–water partition coefficient (Wildman–Crippen LogP) is 4.10. The highest BCUT2D eigenvalue weighted by Crippen LogP contribution is 2.36. The van der Waals surface area contributed by atoms with Gasteiger partial charge in [-0.15, -0.1) is 0 Å². The van der Waals surface area contributed by atoms with Crippen LogP contribution in [0, 0.1) is 11.6 Å². The van der Waals surface area contributed by atoms with Crippen LogP contribution in [0.3, 0.4) is 0 Å². The summed E-state index contributed by atoms with van der Waals surface area (Å²) in [4.78, 5) is 19.1. The van der Waals surface area contributed by atoms with Crippen molar-refractivity contribution in [1.82, 2.24) is 19.0 Å². The minimum absolute atomic E-state index is 0.0239. The molecule has 0 bridgehead atoms. The lowest BCUT2D eigenvalue weighted by atomic mass is 9.99. The fourth-order valence-electron chi connectivity index (χ4n) is 5.37. The van der Waals surface area contributed by atoms with Gasteiger partial charge >= 0.3 is 0 Å². The van der Waals surface area contributed by atoms with Crippen molar-refractivity contribution >= 4 is 10.9 Å². The highest BCUT2D eigenvalue weighted by atomic mass is 19.1. The van der Waals surface area contributed by atoms with Crippen LogP contribution in [0.1, 0.15) is 29.8 Å². The second kappa shape index (κ2) is 8.06. The van der Waals surface area contributed by atoms with Crippen LogP contribution in [0.4, 0.5) is 8.78 Å². The SMILES string of the molecule is Cn1c2c(c3ccc(-n4ccc(OCc5ncc(F)cc5F)cc4=O)cc31)CN1CCCC1C2. The van der Waals surface area contributed by atoms with E-state index in [1.807, 2.05) is 6.07 Å². The Bertz CT molecular complexity index is 1480. The van der Waals surface area contributed by atoms with Crippen LogP contribution >= 0.6 is 0 Å². The molecule has 0 saturated carbocycles. The summed E-state index contributed by atoms with van der Waals surface area (Å²) < 4.78 is 36.2. The van der Waals surface area contributed by atoms with Crippen molar-refractivity contribution in [3.8, 4) is 11.4 Å². The van der Waals surface area contributed by atoms with Crippen molar-refractivity contribution < 1.29 is 13.5 Å². The maximum atomic E-state index is 13.8. The van der Waals surface area contributed by atoms with E-state index in [0.717, 1.165) is 36.4 Å². The van der Waals surface area contributed by atoms with E-state index in [1.54, 1.807) is 16.8 Å². The predicted molar refractivity (Wildman–Crippen MR) is 124 cm³/mol. The first-order valence-electron chi connectivity index (χ1n) is 11.5. The Morgan fingerprint density at radius 1 is 1.18 bits per heavy atom. The van der Waals surface area contributed by atoms with Gasteiger partial charge in [-0.3, -0.25) is 19.2 Å². The zero-order valence-corrected chi connectivity index (χ0v) is 18.8. The number of nitrogens with zero attached hydrogens (tertiary/aromatic N) is 4. The molecule has 1 unspecified atom stereocenters. The zero-order valence-electron chi connectivity index (χ0n) is 18.8. The Kier molecular flexibility index (Phi) is 4.99.